The molecule has 0 aromatic heterocycles. The molecule has 0 aliphatic rings. The summed E-state index contributed by atoms with van der Waals surface area (Å²) in [7, 11) is 0. The Balaban J connectivity index is 1.92. The zero-order chi connectivity index (χ0) is 18.2. The molecule has 25 heavy (non-hydrogen) atoms. The first-order chi connectivity index (χ1) is 12.0. The van der Waals surface area contributed by atoms with Crippen LogP contribution in [0.1, 0.15) is 27.9 Å². The number of hydrogen-bond donors (Lipinski definition) is 3. The summed E-state index contributed by atoms with van der Waals surface area (Å²) < 4.78 is 0. The lowest BCUT2D eigenvalue weighted by Crippen LogP contribution is -2.45. The van der Waals surface area contributed by atoms with Crippen LogP contribution in [0.25, 0.3) is 0 Å². The number of nitrogens with one attached hydrogen (secondary N) is 1. The molecule has 0 bridgehead atoms. The number of primary amides is 1. The first kappa shape index (κ1) is 18.2. The van der Waals surface area contributed by atoms with Gasteiger partial charge >= 0.3 is 5.97 Å². The average Bonchev–Trinajstić information content (AvgIpc) is 2.60. The number of hydrogen-bond acceptors (Lipinski definition) is 3. The van der Waals surface area contributed by atoms with Gasteiger partial charge in [-0.2, -0.15) is 0 Å². The van der Waals surface area contributed by atoms with Crippen LogP contribution >= 0.6 is 0 Å². The van der Waals surface area contributed by atoms with Gasteiger partial charge < -0.3 is 16.2 Å². The molecule has 0 aliphatic heterocycles. The normalized spacial score (nSPS) is 11.5. The summed E-state index contributed by atoms with van der Waals surface area (Å²) in [5.41, 5.74) is 7.29. The number of benzene rings is 2. The third kappa shape index (κ3) is 5.76. The van der Waals surface area contributed by atoms with Crippen LogP contribution in [0.2, 0.25) is 0 Å². The molecule has 0 saturated heterocycles. The molecule has 2 aromatic rings. The third-order valence-electron chi connectivity index (χ3n) is 3.80. The van der Waals surface area contributed by atoms with Crippen molar-refractivity contribution >= 4 is 17.8 Å². The van der Waals surface area contributed by atoms with Crippen molar-refractivity contribution in [3.05, 3.63) is 71.3 Å². The maximum Gasteiger partial charge on any atom is 0.335 e. The fraction of sp³-hybridized carbons (Fsp3) is 0.211. The van der Waals surface area contributed by atoms with Gasteiger partial charge in [-0.15, -0.1) is 0 Å². The zero-order valence-corrected chi connectivity index (χ0v) is 13.6. The van der Waals surface area contributed by atoms with Crippen LogP contribution in [0, 0.1) is 0 Å². The van der Waals surface area contributed by atoms with E-state index in [0.717, 1.165) is 11.1 Å². The number of aryl methyl sites for hydroxylation is 1. The standard InChI is InChI=1S/C19H20N2O4/c20-18(23)16(12-14-6-9-15(10-7-14)19(24)25)21-17(22)11-8-13-4-2-1-3-5-13/h1-7,9-10,16H,8,11-12H2,(H2,20,23)(H,21,22)(H,24,25)/t16-/m0/s1. The van der Waals surface area contributed by atoms with E-state index in [-0.39, 0.29) is 24.3 Å². The van der Waals surface area contributed by atoms with Crippen molar-refractivity contribution in [2.75, 3.05) is 0 Å². The number of carbonyl (C=O) groups excluding carboxylic acids is 2. The van der Waals surface area contributed by atoms with Crippen LogP contribution in [0.5, 0.6) is 0 Å². The van der Waals surface area contributed by atoms with E-state index in [1.54, 1.807) is 12.1 Å². The van der Waals surface area contributed by atoms with Crippen molar-refractivity contribution in [3.8, 4) is 0 Å². The molecule has 0 radical (unpaired) electrons. The average molecular weight is 340 g/mol. The van der Waals surface area contributed by atoms with Crippen molar-refractivity contribution < 1.29 is 19.5 Å². The number of carbonyl (C=O) groups is 3. The summed E-state index contributed by atoms with van der Waals surface area (Å²) in [5, 5.41) is 11.5. The van der Waals surface area contributed by atoms with Crippen LogP contribution < -0.4 is 11.1 Å². The second-order valence-electron chi connectivity index (χ2n) is 5.71. The van der Waals surface area contributed by atoms with Crippen molar-refractivity contribution in [3.63, 3.8) is 0 Å². The second-order valence-corrected chi connectivity index (χ2v) is 5.71. The van der Waals surface area contributed by atoms with Crippen LogP contribution in [-0.4, -0.2) is 28.9 Å². The van der Waals surface area contributed by atoms with E-state index in [1.165, 1.54) is 12.1 Å². The van der Waals surface area contributed by atoms with Crippen LogP contribution in [0.15, 0.2) is 54.6 Å². The minimum atomic E-state index is -1.02. The van der Waals surface area contributed by atoms with Crippen molar-refractivity contribution in [1.29, 1.82) is 0 Å². The molecular weight excluding hydrogens is 320 g/mol. The second kappa shape index (κ2) is 8.63. The molecule has 2 amide bonds. The number of carboxylic acids is 1. The van der Waals surface area contributed by atoms with Crippen molar-refractivity contribution in [1.82, 2.24) is 5.32 Å². The fourth-order valence-electron chi connectivity index (χ4n) is 2.41. The van der Waals surface area contributed by atoms with E-state index in [9.17, 15) is 14.4 Å². The molecule has 2 rings (SSSR count). The first-order valence-electron chi connectivity index (χ1n) is 7.90. The minimum Gasteiger partial charge on any atom is -0.478 e. The Labute approximate surface area is 145 Å². The number of carboxylic acid groups (broad SMARTS) is 1. The summed E-state index contributed by atoms with van der Waals surface area (Å²) in [6, 6.07) is 14.9. The van der Waals surface area contributed by atoms with Crippen LogP contribution in [-0.2, 0) is 22.4 Å². The van der Waals surface area contributed by atoms with Gasteiger partial charge in [-0.05, 0) is 29.7 Å². The quantitative estimate of drug-likeness (QED) is 0.677. The topological polar surface area (TPSA) is 109 Å². The lowest BCUT2D eigenvalue weighted by Gasteiger charge is -2.16. The molecular formula is C19H20N2O4. The highest BCUT2D eigenvalue weighted by molar-refractivity contribution is 5.88. The fourth-order valence-corrected chi connectivity index (χ4v) is 2.41. The Bertz CT molecular complexity index is 742. The molecule has 0 spiro atoms. The largest absolute Gasteiger partial charge is 0.478 e. The molecule has 6 heteroatoms. The van der Waals surface area contributed by atoms with Gasteiger partial charge in [-0.3, -0.25) is 9.59 Å². The monoisotopic (exact) mass is 340 g/mol. The third-order valence-corrected chi connectivity index (χ3v) is 3.80. The summed E-state index contributed by atoms with van der Waals surface area (Å²) in [6.07, 6.45) is 1.05. The summed E-state index contributed by atoms with van der Waals surface area (Å²) >= 11 is 0. The molecule has 0 saturated carbocycles. The Morgan fingerprint density at radius 3 is 2.16 bits per heavy atom. The summed E-state index contributed by atoms with van der Waals surface area (Å²) in [5.74, 6) is -1.91. The van der Waals surface area contributed by atoms with Crippen LogP contribution in [0.4, 0.5) is 0 Å². The Morgan fingerprint density at radius 1 is 0.960 bits per heavy atom. The SMILES string of the molecule is NC(=O)[C@H](Cc1ccc(C(=O)O)cc1)NC(=O)CCc1ccccc1. The van der Waals surface area contributed by atoms with E-state index >= 15 is 0 Å². The van der Waals surface area contributed by atoms with Gasteiger partial charge in [0, 0.05) is 12.8 Å². The molecule has 1 atom stereocenters. The van der Waals surface area contributed by atoms with Gasteiger partial charge in [-0.1, -0.05) is 42.5 Å². The predicted molar refractivity (Wildman–Crippen MR) is 93.0 cm³/mol. The van der Waals surface area contributed by atoms with Crippen LogP contribution in [0.3, 0.4) is 0 Å². The highest BCUT2D eigenvalue weighted by Crippen LogP contribution is 2.08. The number of amides is 2. The molecule has 0 aliphatic carbocycles. The summed E-state index contributed by atoms with van der Waals surface area (Å²) in [4.78, 5) is 34.5. The highest BCUT2D eigenvalue weighted by Gasteiger charge is 2.18. The molecule has 0 unspecified atom stereocenters. The van der Waals surface area contributed by atoms with Gasteiger partial charge in [0.15, 0.2) is 0 Å². The van der Waals surface area contributed by atoms with Gasteiger partial charge in [-0.25, -0.2) is 4.79 Å². The Hall–Kier alpha value is -3.15. The number of rotatable bonds is 8. The maximum atomic E-state index is 12.1. The lowest BCUT2D eigenvalue weighted by molar-refractivity contribution is -0.127. The van der Waals surface area contributed by atoms with Gasteiger partial charge in [0.2, 0.25) is 11.8 Å². The highest BCUT2D eigenvalue weighted by atomic mass is 16.4. The van der Waals surface area contributed by atoms with Gasteiger partial charge in [0.25, 0.3) is 0 Å². The first-order valence-corrected chi connectivity index (χ1v) is 7.90. The van der Waals surface area contributed by atoms with Gasteiger partial charge in [0.05, 0.1) is 5.56 Å². The van der Waals surface area contributed by atoms with E-state index in [0.29, 0.717) is 6.42 Å². The number of nitrogens with two attached hydrogens (primary N) is 1. The van der Waals surface area contributed by atoms with E-state index in [2.05, 4.69) is 5.32 Å². The lowest BCUT2D eigenvalue weighted by atomic mass is 10.0. The minimum absolute atomic E-state index is 0.159. The molecule has 0 heterocycles. The maximum absolute atomic E-state index is 12.1. The Morgan fingerprint density at radius 2 is 1.60 bits per heavy atom. The van der Waals surface area contributed by atoms with E-state index < -0.39 is 17.9 Å². The number of aromatic carboxylic acids is 1. The summed E-state index contributed by atoms with van der Waals surface area (Å²) in [6.45, 7) is 0. The van der Waals surface area contributed by atoms with Gasteiger partial charge in [0.1, 0.15) is 6.04 Å². The molecule has 2 aromatic carbocycles. The zero-order valence-electron chi connectivity index (χ0n) is 13.6. The van der Waals surface area contributed by atoms with Crippen molar-refractivity contribution in [2.45, 2.75) is 25.3 Å². The van der Waals surface area contributed by atoms with Crippen molar-refractivity contribution in [2.24, 2.45) is 5.73 Å². The molecule has 6 nitrogen and oxygen atoms in total. The smallest absolute Gasteiger partial charge is 0.335 e. The Kier molecular flexibility index (Phi) is 6.28. The van der Waals surface area contributed by atoms with E-state index in [1.807, 2.05) is 30.3 Å². The molecule has 4 N–H and O–H groups in total. The molecule has 0 fully saturated rings. The predicted octanol–water partition coefficient (Wildman–Crippen LogP) is 1.53. The van der Waals surface area contributed by atoms with E-state index in [4.69, 9.17) is 10.8 Å². The molecule has 130 valence electrons.